The van der Waals surface area contributed by atoms with Crippen LogP contribution in [0, 0.1) is 22.9 Å². The molecule has 7 heteroatoms. The van der Waals surface area contributed by atoms with Gasteiger partial charge in [0.15, 0.2) is 0 Å². The zero-order valence-corrected chi connectivity index (χ0v) is 11.6. The molecule has 108 valence electrons. The molecule has 5 nitrogen and oxygen atoms in total. The molecule has 0 atom stereocenters. The van der Waals surface area contributed by atoms with Gasteiger partial charge >= 0.3 is 5.97 Å². The minimum atomic E-state index is -0.712. The van der Waals surface area contributed by atoms with E-state index in [9.17, 15) is 19.3 Å². The van der Waals surface area contributed by atoms with Gasteiger partial charge in [-0.15, -0.1) is 0 Å². The molecule has 21 heavy (non-hydrogen) atoms. The molecule has 0 N–H and O–H groups in total. The monoisotopic (exact) mass is 309 g/mol. The molecule has 0 aromatic heterocycles. The van der Waals surface area contributed by atoms with Crippen LogP contribution in [0.5, 0.6) is 5.75 Å². The quantitative estimate of drug-likeness (QED) is 0.373. The lowest BCUT2D eigenvalue weighted by atomic mass is 10.1. The first-order valence-electron chi connectivity index (χ1n) is 5.81. The first-order valence-corrected chi connectivity index (χ1v) is 6.18. The predicted octanol–water partition coefficient (Wildman–Crippen LogP) is 3.91. The van der Waals surface area contributed by atoms with Crippen LogP contribution >= 0.6 is 11.6 Å². The topological polar surface area (TPSA) is 69.4 Å². The van der Waals surface area contributed by atoms with Crippen LogP contribution in [0.1, 0.15) is 15.9 Å². The summed E-state index contributed by atoms with van der Waals surface area (Å²) in [5, 5.41) is 10.5. The summed E-state index contributed by atoms with van der Waals surface area (Å²) in [5.41, 5.74) is 0.404. The third-order valence-electron chi connectivity index (χ3n) is 2.73. The van der Waals surface area contributed by atoms with Crippen molar-refractivity contribution in [1.29, 1.82) is 0 Å². The molecule has 0 aliphatic heterocycles. The highest BCUT2D eigenvalue weighted by molar-refractivity contribution is 6.30. The number of carbonyl (C=O) groups excluding carboxylic acids is 1. The Kier molecular flexibility index (Phi) is 4.18. The van der Waals surface area contributed by atoms with Crippen molar-refractivity contribution in [2.75, 3.05) is 0 Å². The standard InChI is InChI=1S/C14H9ClFNO4/c1-8-6-9(2-5-13(8)17(19)20)14(18)21-10-3-4-12(16)11(15)7-10/h2-7H,1H3. The van der Waals surface area contributed by atoms with E-state index in [-0.39, 0.29) is 22.0 Å². The van der Waals surface area contributed by atoms with Gasteiger partial charge in [-0.2, -0.15) is 0 Å². The Labute approximate surface area is 124 Å². The van der Waals surface area contributed by atoms with Gasteiger partial charge in [0.1, 0.15) is 11.6 Å². The second-order valence-electron chi connectivity index (χ2n) is 4.22. The van der Waals surface area contributed by atoms with Crippen molar-refractivity contribution < 1.29 is 18.8 Å². The van der Waals surface area contributed by atoms with Crippen LogP contribution in [0.4, 0.5) is 10.1 Å². The third-order valence-corrected chi connectivity index (χ3v) is 3.02. The molecule has 0 unspecified atom stereocenters. The van der Waals surface area contributed by atoms with Crippen LogP contribution in [0.2, 0.25) is 5.02 Å². The van der Waals surface area contributed by atoms with Crippen LogP contribution in [0.25, 0.3) is 0 Å². The number of esters is 1. The summed E-state index contributed by atoms with van der Waals surface area (Å²) in [6.45, 7) is 1.52. The molecule has 2 aromatic rings. The van der Waals surface area contributed by atoms with Crippen LogP contribution < -0.4 is 4.74 Å². The summed E-state index contributed by atoms with van der Waals surface area (Å²) in [6, 6.07) is 7.38. The van der Waals surface area contributed by atoms with E-state index in [1.54, 1.807) is 0 Å². The molecule has 0 amide bonds. The maximum atomic E-state index is 13.0. The SMILES string of the molecule is Cc1cc(C(=O)Oc2ccc(F)c(Cl)c2)ccc1[N+](=O)[O-]. The van der Waals surface area contributed by atoms with E-state index in [4.69, 9.17) is 16.3 Å². The highest BCUT2D eigenvalue weighted by Crippen LogP contribution is 2.23. The van der Waals surface area contributed by atoms with Gasteiger partial charge in [-0.25, -0.2) is 9.18 Å². The van der Waals surface area contributed by atoms with E-state index in [1.165, 1.54) is 37.3 Å². The fraction of sp³-hybridized carbons (Fsp3) is 0.0714. The number of rotatable bonds is 3. The van der Waals surface area contributed by atoms with Gasteiger partial charge in [0.05, 0.1) is 15.5 Å². The number of nitrogens with zero attached hydrogens (tertiary/aromatic N) is 1. The Morgan fingerprint density at radius 2 is 2.00 bits per heavy atom. The molecule has 0 heterocycles. The number of nitro benzene ring substituents is 1. The summed E-state index contributed by atoms with van der Waals surface area (Å²) in [7, 11) is 0. The highest BCUT2D eigenvalue weighted by Gasteiger charge is 2.15. The summed E-state index contributed by atoms with van der Waals surface area (Å²) in [5.74, 6) is -1.25. The molecule has 0 aliphatic rings. The summed E-state index contributed by atoms with van der Waals surface area (Å²) in [6.07, 6.45) is 0. The number of hydrogen-bond acceptors (Lipinski definition) is 4. The molecular formula is C14H9ClFNO4. The molecular weight excluding hydrogens is 301 g/mol. The van der Waals surface area contributed by atoms with Crippen molar-refractivity contribution >= 4 is 23.3 Å². The summed E-state index contributed by atoms with van der Waals surface area (Å²) >= 11 is 5.58. The third kappa shape index (κ3) is 3.35. The van der Waals surface area contributed by atoms with Gasteiger partial charge in [-0.3, -0.25) is 10.1 Å². The van der Waals surface area contributed by atoms with Gasteiger partial charge in [-0.1, -0.05) is 11.6 Å². The van der Waals surface area contributed by atoms with E-state index in [0.717, 1.165) is 6.07 Å². The van der Waals surface area contributed by atoms with Crippen molar-refractivity contribution in [2.24, 2.45) is 0 Å². The van der Waals surface area contributed by atoms with Crippen LogP contribution in [0.15, 0.2) is 36.4 Å². The van der Waals surface area contributed by atoms with Crippen LogP contribution in [0.3, 0.4) is 0 Å². The second-order valence-corrected chi connectivity index (χ2v) is 4.63. The normalized spacial score (nSPS) is 10.2. The van der Waals surface area contributed by atoms with Crippen molar-refractivity contribution in [2.45, 2.75) is 6.92 Å². The Hall–Kier alpha value is -2.47. The fourth-order valence-corrected chi connectivity index (χ4v) is 1.86. The lowest BCUT2D eigenvalue weighted by Crippen LogP contribution is -2.09. The van der Waals surface area contributed by atoms with Gasteiger partial charge in [0, 0.05) is 17.7 Å². The molecule has 0 spiro atoms. The Bertz CT molecular complexity index is 733. The number of nitro groups is 1. The van der Waals surface area contributed by atoms with E-state index < -0.39 is 16.7 Å². The molecule has 0 bridgehead atoms. The lowest BCUT2D eigenvalue weighted by Gasteiger charge is -2.06. The van der Waals surface area contributed by atoms with Gasteiger partial charge in [0.2, 0.25) is 0 Å². The summed E-state index contributed by atoms with van der Waals surface area (Å²) in [4.78, 5) is 22.1. The number of ether oxygens (including phenoxy) is 1. The molecule has 0 radical (unpaired) electrons. The van der Waals surface area contributed by atoms with Crippen LogP contribution in [-0.4, -0.2) is 10.9 Å². The first-order chi connectivity index (χ1) is 9.88. The average Bonchev–Trinajstić information content (AvgIpc) is 2.42. The molecule has 2 aromatic carbocycles. The van der Waals surface area contributed by atoms with Gasteiger partial charge in [-0.05, 0) is 31.2 Å². The number of carbonyl (C=O) groups is 1. The maximum absolute atomic E-state index is 13.0. The second kappa shape index (κ2) is 5.88. The number of benzene rings is 2. The largest absolute Gasteiger partial charge is 0.423 e. The Morgan fingerprint density at radius 3 is 2.57 bits per heavy atom. The van der Waals surface area contributed by atoms with E-state index in [0.29, 0.717) is 5.56 Å². The molecule has 0 fully saturated rings. The smallest absolute Gasteiger partial charge is 0.343 e. The predicted molar refractivity (Wildman–Crippen MR) is 74.2 cm³/mol. The highest BCUT2D eigenvalue weighted by atomic mass is 35.5. The molecule has 0 saturated carbocycles. The summed E-state index contributed by atoms with van der Waals surface area (Å²) < 4.78 is 18.0. The van der Waals surface area contributed by atoms with Crippen molar-refractivity contribution in [1.82, 2.24) is 0 Å². The van der Waals surface area contributed by atoms with Crippen molar-refractivity contribution in [3.8, 4) is 5.75 Å². The van der Waals surface area contributed by atoms with E-state index >= 15 is 0 Å². The number of hydrogen-bond donors (Lipinski definition) is 0. The van der Waals surface area contributed by atoms with E-state index in [2.05, 4.69) is 0 Å². The zero-order valence-electron chi connectivity index (χ0n) is 10.8. The lowest BCUT2D eigenvalue weighted by molar-refractivity contribution is -0.385. The Morgan fingerprint density at radius 1 is 1.29 bits per heavy atom. The van der Waals surface area contributed by atoms with E-state index in [1.807, 2.05) is 0 Å². The van der Waals surface area contributed by atoms with Crippen LogP contribution in [-0.2, 0) is 0 Å². The maximum Gasteiger partial charge on any atom is 0.343 e. The molecule has 2 rings (SSSR count). The van der Waals surface area contributed by atoms with Gasteiger partial charge < -0.3 is 4.74 Å². The fourth-order valence-electron chi connectivity index (χ4n) is 1.69. The van der Waals surface area contributed by atoms with Crippen molar-refractivity contribution in [3.63, 3.8) is 0 Å². The minimum absolute atomic E-state index is 0.0856. The molecule has 0 saturated heterocycles. The minimum Gasteiger partial charge on any atom is -0.423 e. The number of aryl methyl sites for hydroxylation is 1. The Balaban J connectivity index is 2.22. The van der Waals surface area contributed by atoms with Crippen molar-refractivity contribution in [3.05, 3.63) is 68.5 Å². The first kappa shape index (κ1) is 14.9. The molecule has 0 aliphatic carbocycles. The average molecular weight is 310 g/mol. The zero-order chi connectivity index (χ0) is 15.6. The number of halogens is 2. The van der Waals surface area contributed by atoms with Gasteiger partial charge in [0.25, 0.3) is 5.69 Å².